The summed E-state index contributed by atoms with van der Waals surface area (Å²) >= 11 is 5.71. The molecular weight excluding hydrogens is 760 g/mol. The summed E-state index contributed by atoms with van der Waals surface area (Å²) in [6, 6.07) is 8.49. The summed E-state index contributed by atoms with van der Waals surface area (Å²) in [4.78, 5) is 29.5. The van der Waals surface area contributed by atoms with Crippen LogP contribution in [0.2, 0.25) is 0 Å². The van der Waals surface area contributed by atoms with E-state index in [1.807, 2.05) is 13.8 Å². The van der Waals surface area contributed by atoms with Crippen molar-refractivity contribution >= 4 is 24.2 Å². The van der Waals surface area contributed by atoms with Crippen molar-refractivity contribution in [2.45, 2.75) is 59.6 Å². The van der Waals surface area contributed by atoms with Crippen molar-refractivity contribution in [3.8, 4) is 45.8 Å². The molecule has 17 heteroatoms. The van der Waals surface area contributed by atoms with Crippen molar-refractivity contribution in [3.63, 3.8) is 0 Å². The van der Waals surface area contributed by atoms with E-state index in [1.54, 1.807) is 19.9 Å². The quantitative estimate of drug-likeness (QED) is 0.0692. The Morgan fingerprint density at radius 2 is 1.18 bits per heavy atom. The van der Waals surface area contributed by atoms with Crippen LogP contribution in [-0.2, 0) is 12.4 Å². The van der Waals surface area contributed by atoms with Gasteiger partial charge in [0.2, 0.25) is 0 Å². The molecule has 4 aromatic heterocycles. The molecule has 6 aromatic rings. The summed E-state index contributed by atoms with van der Waals surface area (Å²) in [5.41, 5.74) is -0.540. The Labute approximate surface area is 330 Å². The topological polar surface area (TPSA) is 165 Å². The van der Waals surface area contributed by atoms with Gasteiger partial charge in [-0.25, -0.2) is 17.6 Å². The normalized spacial score (nSPS) is 12.1. The van der Waals surface area contributed by atoms with Crippen LogP contribution in [0.15, 0.2) is 73.3 Å². The van der Waals surface area contributed by atoms with Crippen LogP contribution in [0.4, 0.5) is 17.6 Å². The van der Waals surface area contributed by atoms with Gasteiger partial charge in [0.1, 0.15) is 52.6 Å². The number of hydrogen-bond acceptors (Lipinski definition) is 10. The fourth-order valence-electron chi connectivity index (χ4n) is 4.86. The fourth-order valence-corrected chi connectivity index (χ4v) is 5.01. The van der Waals surface area contributed by atoms with Gasteiger partial charge in [0.15, 0.2) is 24.2 Å². The molecule has 0 saturated carbocycles. The van der Waals surface area contributed by atoms with Crippen molar-refractivity contribution in [3.05, 3.63) is 119 Å². The number of pyridine rings is 2. The molecule has 0 saturated heterocycles. The maximum atomic E-state index is 14.5. The standard InChI is InChI=1S/C19H17F2N3O3.C12H13ClFN3.C7H5FO3.CH4/c1-11(2)24-19(15(21)8-23-24)18-12(4-3-5-22-18)10-27-17-7-13(20)6-16(26)14(17)9-25;1-8(2)17-12(10(14)7-16-17)11-9(6-13)4-3-5-15-11;8-4-1-6(10)5(3-9)7(11)2-4;/h3-9,11,26H,10H2,1-2H3;3-5,7-8H,6H2,1-2H3;1-3,10-11H;1H4/i10D2;6D2;;. The van der Waals surface area contributed by atoms with Crippen molar-refractivity contribution in [2.24, 2.45) is 0 Å². The number of carbonyl (C=O) groups is 2. The minimum absolute atomic E-state index is 0. The van der Waals surface area contributed by atoms with E-state index in [2.05, 4.69) is 20.2 Å². The lowest BCUT2D eigenvalue weighted by molar-refractivity contribution is 0.110. The van der Waals surface area contributed by atoms with Gasteiger partial charge < -0.3 is 20.1 Å². The van der Waals surface area contributed by atoms with Gasteiger partial charge in [-0.3, -0.25) is 28.9 Å². The summed E-state index contributed by atoms with van der Waals surface area (Å²) in [5.74, 6) is -7.39. The second-order valence-electron chi connectivity index (χ2n) is 11.8. The van der Waals surface area contributed by atoms with Gasteiger partial charge in [0.05, 0.1) is 37.6 Å². The number of nitrogens with zero attached hydrogens (tertiary/aromatic N) is 6. The predicted octanol–water partition coefficient (Wildman–Crippen LogP) is 8.99. The van der Waals surface area contributed by atoms with Crippen molar-refractivity contribution in [1.29, 1.82) is 0 Å². The van der Waals surface area contributed by atoms with Crippen LogP contribution in [0.25, 0.3) is 22.8 Å². The highest BCUT2D eigenvalue weighted by atomic mass is 35.5. The number of aldehydes is 2. The number of phenols is 3. The van der Waals surface area contributed by atoms with E-state index < -0.39 is 64.2 Å². The number of rotatable bonds is 10. The molecule has 0 atom stereocenters. The zero-order chi connectivity index (χ0) is 44.0. The summed E-state index contributed by atoms with van der Waals surface area (Å²) in [6.45, 7) is 4.60. The van der Waals surface area contributed by atoms with Crippen LogP contribution in [0.3, 0.4) is 0 Å². The Bertz CT molecular complexity index is 2440. The molecule has 12 nitrogen and oxygen atoms in total. The maximum Gasteiger partial charge on any atom is 0.170 e. The van der Waals surface area contributed by atoms with Gasteiger partial charge in [0.25, 0.3) is 0 Å². The second kappa shape index (κ2) is 19.9. The number of aromatic nitrogens is 6. The number of halogens is 5. The van der Waals surface area contributed by atoms with Crippen molar-refractivity contribution in [1.82, 2.24) is 29.5 Å². The van der Waals surface area contributed by atoms with Crippen LogP contribution >= 0.6 is 11.6 Å². The number of aromatic hydroxyl groups is 3. The molecule has 4 heterocycles. The van der Waals surface area contributed by atoms with Crippen LogP contribution in [-0.4, -0.2) is 57.4 Å². The SMILES string of the molecule is C.O=Cc1c(O)cc(F)cc1O.[2H]C([2H])(Cl)c1cccnc1-c1c(F)cnn1C(C)C.[2H]C([2H])(Oc1cc(F)cc(O)c1C=O)c1cccnc1-c1c(F)cnn1C(C)C. The molecule has 56 heavy (non-hydrogen) atoms. The van der Waals surface area contributed by atoms with E-state index in [9.17, 15) is 32.3 Å². The average Bonchev–Trinajstić information content (AvgIpc) is 3.73. The second-order valence-corrected chi connectivity index (χ2v) is 12.0. The summed E-state index contributed by atoms with van der Waals surface area (Å²) in [6.07, 6.45) is 5.40. The molecule has 0 spiro atoms. The number of benzene rings is 2. The zero-order valence-corrected chi connectivity index (χ0v) is 30.1. The summed E-state index contributed by atoms with van der Waals surface area (Å²) in [7, 11) is 0. The average molecular weight is 803 g/mol. The first-order valence-corrected chi connectivity index (χ1v) is 16.4. The molecule has 0 aliphatic carbocycles. The highest BCUT2D eigenvalue weighted by Gasteiger charge is 2.21. The van der Waals surface area contributed by atoms with Gasteiger partial charge in [-0.2, -0.15) is 10.2 Å². The van der Waals surface area contributed by atoms with E-state index >= 15 is 0 Å². The Morgan fingerprint density at radius 3 is 1.62 bits per heavy atom. The van der Waals surface area contributed by atoms with Gasteiger partial charge in [-0.15, -0.1) is 11.6 Å². The predicted molar refractivity (Wildman–Crippen MR) is 201 cm³/mol. The zero-order valence-electron chi connectivity index (χ0n) is 33.4. The van der Waals surface area contributed by atoms with Crippen LogP contribution in [0.5, 0.6) is 23.0 Å². The molecule has 0 fully saturated rings. The first-order chi connectivity index (χ1) is 27.6. The molecule has 0 aliphatic rings. The Kier molecular flexibility index (Phi) is 13.5. The van der Waals surface area contributed by atoms with Crippen LogP contribution in [0, 0.1) is 23.3 Å². The smallest absolute Gasteiger partial charge is 0.170 e. The molecule has 0 unspecified atom stereocenters. The largest absolute Gasteiger partial charge is 0.507 e. The van der Waals surface area contributed by atoms with Gasteiger partial charge >= 0.3 is 0 Å². The van der Waals surface area contributed by atoms with Gasteiger partial charge in [-0.1, -0.05) is 19.6 Å². The molecule has 0 radical (unpaired) electrons. The monoisotopic (exact) mass is 802 g/mol. The van der Waals surface area contributed by atoms with Crippen LogP contribution in [0.1, 0.15) is 84.5 Å². The highest BCUT2D eigenvalue weighted by molar-refractivity contribution is 6.17. The lowest BCUT2D eigenvalue weighted by Crippen LogP contribution is -2.09. The first-order valence-electron chi connectivity index (χ1n) is 18.0. The molecule has 6 rings (SSSR count). The maximum absolute atomic E-state index is 14.5. The third kappa shape index (κ3) is 10.3. The molecule has 0 aliphatic heterocycles. The number of phenolic OH excluding ortho intramolecular Hbond substituents is 3. The third-order valence-electron chi connectivity index (χ3n) is 7.34. The van der Waals surface area contributed by atoms with Crippen molar-refractivity contribution in [2.75, 3.05) is 0 Å². The summed E-state index contributed by atoms with van der Waals surface area (Å²) in [5, 5.41) is 35.3. The first kappa shape index (κ1) is 38.0. The fraction of sp³-hybridized carbons (Fsp3) is 0.231. The van der Waals surface area contributed by atoms with E-state index in [0.29, 0.717) is 6.07 Å². The number of ether oxygens (including phenoxy) is 1. The van der Waals surface area contributed by atoms with E-state index in [-0.39, 0.29) is 71.5 Å². The van der Waals surface area contributed by atoms with E-state index in [4.69, 9.17) is 32.0 Å². The molecule has 0 amide bonds. The molecular formula is C39H39ClF4N6O6. The van der Waals surface area contributed by atoms with Gasteiger partial charge in [0, 0.05) is 62.9 Å². The molecule has 2 aromatic carbocycles. The van der Waals surface area contributed by atoms with E-state index in [1.165, 1.54) is 40.0 Å². The minimum atomic E-state index is -2.65. The number of alkyl halides is 1. The minimum Gasteiger partial charge on any atom is -0.507 e. The Balaban J connectivity index is 0.000000265. The number of carbonyl (C=O) groups excluding carboxylic acids is 2. The Morgan fingerprint density at radius 1 is 0.750 bits per heavy atom. The molecule has 296 valence electrons. The molecule has 0 bridgehead atoms. The lowest BCUT2D eigenvalue weighted by Gasteiger charge is -2.15. The van der Waals surface area contributed by atoms with Gasteiger partial charge in [-0.05, 0) is 45.4 Å². The Hall–Kier alpha value is -6.29. The van der Waals surface area contributed by atoms with Crippen molar-refractivity contribution < 1.29 is 52.7 Å². The van der Waals surface area contributed by atoms with E-state index in [0.717, 1.165) is 30.6 Å². The summed E-state index contributed by atoms with van der Waals surface area (Å²) < 4.78 is 94.3. The number of hydrogen-bond donors (Lipinski definition) is 3. The van der Waals surface area contributed by atoms with Crippen LogP contribution < -0.4 is 4.74 Å². The molecule has 3 N–H and O–H groups in total. The third-order valence-corrected chi connectivity index (χ3v) is 7.54. The highest BCUT2D eigenvalue weighted by Crippen LogP contribution is 2.32. The lowest BCUT2D eigenvalue weighted by atomic mass is 10.1.